The average molecular weight is 212 g/mol. The summed E-state index contributed by atoms with van der Waals surface area (Å²) < 4.78 is 26.6. The molecule has 4 heteroatoms. The van der Waals surface area contributed by atoms with E-state index >= 15 is 0 Å². The van der Waals surface area contributed by atoms with Gasteiger partial charge in [0.15, 0.2) is 0 Å². The van der Waals surface area contributed by atoms with E-state index in [9.17, 15) is 8.42 Å². The van der Waals surface area contributed by atoms with Crippen molar-refractivity contribution in [2.75, 3.05) is 7.05 Å². The van der Waals surface area contributed by atoms with Gasteiger partial charge in [-0.15, -0.1) is 0 Å². The number of hydrogen-bond acceptors (Lipinski definition) is 2. The van der Waals surface area contributed by atoms with Gasteiger partial charge in [-0.2, -0.15) is 7.05 Å². The molecule has 0 fully saturated rings. The van der Waals surface area contributed by atoms with Crippen molar-refractivity contribution < 1.29 is 8.42 Å². The normalized spacial score (nSPS) is 11.7. The summed E-state index contributed by atoms with van der Waals surface area (Å²) in [4.78, 5) is 0.339. The van der Waals surface area contributed by atoms with Crippen molar-refractivity contribution in [2.45, 2.75) is 25.7 Å². The largest absolute Gasteiger partial charge is 0.547 e. The van der Waals surface area contributed by atoms with Crippen molar-refractivity contribution in [3.8, 4) is 0 Å². The Balaban J connectivity index is 3.51. The van der Waals surface area contributed by atoms with Gasteiger partial charge in [0.1, 0.15) is 10.0 Å². The SMILES string of the molecule is C[N-]S(=O)(=O)c1c(C)cc(C)cc1C. The highest BCUT2D eigenvalue weighted by atomic mass is 32.2. The zero-order valence-corrected chi connectivity index (χ0v) is 9.64. The Morgan fingerprint density at radius 3 is 1.86 bits per heavy atom. The number of benzene rings is 1. The van der Waals surface area contributed by atoms with Crippen LogP contribution in [0.3, 0.4) is 0 Å². The van der Waals surface area contributed by atoms with Crippen LogP contribution in [0.15, 0.2) is 17.0 Å². The average Bonchev–Trinajstić information content (AvgIpc) is 2.01. The molecule has 0 bridgehead atoms. The summed E-state index contributed by atoms with van der Waals surface area (Å²) in [6, 6.07) is 3.70. The lowest BCUT2D eigenvalue weighted by Gasteiger charge is -2.18. The van der Waals surface area contributed by atoms with Crippen LogP contribution in [0.4, 0.5) is 0 Å². The fourth-order valence-corrected chi connectivity index (χ4v) is 2.78. The number of aryl methyl sites for hydroxylation is 3. The fraction of sp³-hybridized carbons (Fsp3) is 0.400. The quantitative estimate of drug-likeness (QED) is 0.755. The molecule has 0 aromatic heterocycles. The molecular weight excluding hydrogens is 198 g/mol. The molecule has 0 aliphatic carbocycles. The van der Waals surface area contributed by atoms with E-state index in [1.807, 2.05) is 19.1 Å². The van der Waals surface area contributed by atoms with Crippen LogP contribution < -0.4 is 0 Å². The van der Waals surface area contributed by atoms with Crippen molar-refractivity contribution in [2.24, 2.45) is 0 Å². The molecule has 0 aliphatic heterocycles. The molecule has 1 aromatic rings. The van der Waals surface area contributed by atoms with E-state index in [4.69, 9.17) is 0 Å². The minimum atomic E-state index is -3.45. The van der Waals surface area contributed by atoms with Crippen LogP contribution in [0, 0.1) is 20.8 Å². The molecule has 3 nitrogen and oxygen atoms in total. The molecule has 0 radical (unpaired) electrons. The van der Waals surface area contributed by atoms with Crippen LogP contribution in [0.1, 0.15) is 16.7 Å². The monoisotopic (exact) mass is 212 g/mol. The van der Waals surface area contributed by atoms with Crippen LogP contribution in [-0.4, -0.2) is 15.5 Å². The summed E-state index contributed by atoms with van der Waals surface area (Å²) in [5.41, 5.74) is 2.58. The molecule has 1 aromatic carbocycles. The molecule has 0 unspecified atom stereocenters. The molecule has 0 N–H and O–H groups in total. The first kappa shape index (κ1) is 11.2. The zero-order valence-electron chi connectivity index (χ0n) is 8.83. The Hall–Kier alpha value is -0.870. The first-order chi connectivity index (χ1) is 6.38. The second kappa shape index (κ2) is 3.71. The van der Waals surface area contributed by atoms with E-state index in [1.165, 1.54) is 7.05 Å². The van der Waals surface area contributed by atoms with Gasteiger partial charge in [-0.25, -0.2) is 8.42 Å². The molecule has 1 rings (SSSR count). The molecule has 0 heterocycles. The maximum atomic E-state index is 11.6. The maximum Gasteiger partial charge on any atom is 0.101 e. The molecule has 14 heavy (non-hydrogen) atoms. The molecule has 0 atom stereocenters. The molecule has 0 amide bonds. The van der Waals surface area contributed by atoms with Gasteiger partial charge >= 0.3 is 0 Å². The van der Waals surface area contributed by atoms with E-state index in [-0.39, 0.29) is 0 Å². The van der Waals surface area contributed by atoms with Crippen molar-refractivity contribution in [3.05, 3.63) is 33.5 Å². The van der Waals surface area contributed by atoms with Gasteiger partial charge in [-0.1, -0.05) is 17.7 Å². The number of hydrogen-bond donors (Lipinski definition) is 0. The second-order valence-electron chi connectivity index (χ2n) is 3.39. The predicted molar refractivity (Wildman–Crippen MR) is 57.1 cm³/mol. The van der Waals surface area contributed by atoms with Gasteiger partial charge in [-0.3, -0.25) is 0 Å². The highest BCUT2D eigenvalue weighted by molar-refractivity contribution is 7.94. The standard InChI is InChI=1S/C10H14NO2S/c1-7-5-8(2)10(9(3)6-7)14(12,13)11-4/h5-6H,1-4H3/q-1. The van der Waals surface area contributed by atoms with Crippen molar-refractivity contribution in [3.63, 3.8) is 0 Å². The molecular formula is C10H14NO2S-. The number of nitrogens with zero attached hydrogens (tertiary/aromatic N) is 1. The highest BCUT2D eigenvalue weighted by Gasteiger charge is 2.10. The van der Waals surface area contributed by atoms with Crippen LogP contribution >= 0.6 is 0 Å². The van der Waals surface area contributed by atoms with Crippen molar-refractivity contribution in [1.82, 2.24) is 0 Å². The number of rotatable bonds is 2. The molecule has 0 saturated heterocycles. The highest BCUT2D eigenvalue weighted by Crippen LogP contribution is 2.24. The maximum absolute atomic E-state index is 11.6. The van der Waals surface area contributed by atoms with Crippen LogP contribution in [0.2, 0.25) is 0 Å². The van der Waals surface area contributed by atoms with Gasteiger partial charge in [-0.05, 0) is 31.9 Å². The summed E-state index contributed by atoms with van der Waals surface area (Å²) in [5, 5.41) is 0. The second-order valence-corrected chi connectivity index (χ2v) is 5.11. The third-order valence-corrected chi connectivity index (χ3v) is 3.74. The summed E-state index contributed by atoms with van der Waals surface area (Å²) in [7, 11) is -2.15. The first-order valence-electron chi connectivity index (χ1n) is 4.32. The zero-order chi connectivity index (χ0) is 10.9. The summed E-state index contributed by atoms with van der Waals surface area (Å²) in [5.74, 6) is 0. The molecule has 78 valence electrons. The van der Waals surface area contributed by atoms with Gasteiger partial charge in [0.2, 0.25) is 0 Å². The Kier molecular flexibility index (Phi) is 2.97. The van der Waals surface area contributed by atoms with E-state index in [0.717, 1.165) is 16.7 Å². The van der Waals surface area contributed by atoms with Crippen LogP contribution in [0.5, 0.6) is 0 Å². The third kappa shape index (κ3) is 1.96. The first-order valence-corrected chi connectivity index (χ1v) is 5.76. The minimum absolute atomic E-state index is 0.339. The summed E-state index contributed by atoms with van der Waals surface area (Å²) in [6.07, 6.45) is 0. The van der Waals surface area contributed by atoms with Crippen LogP contribution in [0.25, 0.3) is 4.72 Å². The van der Waals surface area contributed by atoms with E-state index in [0.29, 0.717) is 4.90 Å². The Morgan fingerprint density at radius 2 is 1.50 bits per heavy atom. The Bertz CT molecular complexity index is 426. The molecule has 0 saturated carbocycles. The lowest BCUT2D eigenvalue weighted by atomic mass is 10.1. The minimum Gasteiger partial charge on any atom is -0.547 e. The van der Waals surface area contributed by atoms with Gasteiger partial charge in [0.05, 0.1) is 4.90 Å². The Morgan fingerprint density at radius 1 is 1.07 bits per heavy atom. The van der Waals surface area contributed by atoms with Gasteiger partial charge < -0.3 is 4.72 Å². The summed E-state index contributed by atoms with van der Waals surface area (Å²) in [6.45, 7) is 5.52. The van der Waals surface area contributed by atoms with Gasteiger partial charge in [0, 0.05) is 0 Å². The molecule has 0 aliphatic rings. The number of sulfonamides is 1. The predicted octanol–water partition coefficient (Wildman–Crippen LogP) is 2.30. The van der Waals surface area contributed by atoms with Crippen molar-refractivity contribution in [1.29, 1.82) is 0 Å². The summed E-state index contributed by atoms with van der Waals surface area (Å²) >= 11 is 0. The van der Waals surface area contributed by atoms with E-state index in [1.54, 1.807) is 13.8 Å². The third-order valence-electron chi connectivity index (χ3n) is 2.10. The van der Waals surface area contributed by atoms with Gasteiger partial charge in [0.25, 0.3) is 0 Å². The Labute approximate surface area is 85.2 Å². The smallest absolute Gasteiger partial charge is 0.101 e. The molecule has 0 spiro atoms. The van der Waals surface area contributed by atoms with E-state index in [2.05, 4.69) is 4.72 Å². The fourth-order valence-electron chi connectivity index (χ4n) is 1.66. The lowest BCUT2D eigenvalue weighted by molar-refractivity contribution is 0.601. The topological polar surface area (TPSA) is 48.2 Å². The van der Waals surface area contributed by atoms with Crippen molar-refractivity contribution >= 4 is 10.0 Å². The van der Waals surface area contributed by atoms with Crippen LogP contribution in [-0.2, 0) is 10.0 Å². The van der Waals surface area contributed by atoms with E-state index < -0.39 is 10.0 Å². The lowest BCUT2D eigenvalue weighted by Crippen LogP contribution is -2.03.